The van der Waals surface area contributed by atoms with Gasteiger partial charge in [-0.3, -0.25) is 0 Å². The molecule has 0 aliphatic heterocycles. The average molecular weight is 277 g/mol. The second-order valence-corrected chi connectivity index (χ2v) is 7.82. The van der Waals surface area contributed by atoms with E-state index in [-0.39, 0.29) is 21.2 Å². The van der Waals surface area contributed by atoms with Crippen LogP contribution in [0.1, 0.15) is 13.3 Å². The van der Waals surface area contributed by atoms with E-state index >= 15 is 0 Å². The summed E-state index contributed by atoms with van der Waals surface area (Å²) in [5.41, 5.74) is 5.44. The van der Waals surface area contributed by atoms with E-state index in [1.807, 2.05) is 0 Å². The number of para-hydroxylation sites is 1. The molecule has 0 aliphatic carbocycles. The molecule has 17 heavy (non-hydrogen) atoms. The summed E-state index contributed by atoms with van der Waals surface area (Å²) in [6.07, 6.45) is 1.44. The van der Waals surface area contributed by atoms with Crippen LogP contribution in [-0.4, -0.2) is 28.8 Å². The Hall–Kier alpha value is -1.08. The highest BCUT2D eigenvalue weighted by Crippen LogP contribution is 2.27. The van der Waals surface area contributed by atoms with Crippen molar-refractivity contribution in [2.75, 3.05) is 17.7 Å². The Morgan fingerprint density at radius 2 is 1.65 bits per heavy atom. The van der Waals surface area contributed by atoms with E-state index < -0.39 is 19.7 Å². The van der Waals surface area contributed by atoms with Crippen molar-refractivity contribution < 1.29 is 16.8 Å². The Morgan fingerprint density at radius 3 is 2.12 bits per heavy atom. The molecule has 0 spiro atoms. The highest BCUT2D eigenvalue weighted by Gasteiger charge is 2.21. The van der Waals surface area contributed by atoms with Crippen molar-refractivity contribution >= 4 is 25.4 Å². The normalized spacial score (nSPS) is 12.6. The fraction of sp³-hybridized carbons (Fsp3) is 0.400. The van der Waals surface area contributed by atoms with Gasteiger partial charge in [-0.25, -0.2) is 16.8 Å². The highest BCUT2D eigenvalue weighted by atomic mass is 32.2. The second kappa shape index (κ2) is 4.66. The van der Waals surface area contributed by atoms with Crippen molar-refractivity contribution in [1.82, 2.24) is 0 Å². The minimum absolute atomic E-state index is 0.0512. The predicted molar refractivity (Wildman–Crippen MR) is 66.3 cm³/mol. The molecule has 0 saturated heterocycles. The number of nitrogen functional groups attached to an aromatic ring is 1. The number of hydrogen-bond acceptors (Lipinski definition) is 5. The lowest BCUT2D eigenvalue weighted by Crippen LogP contribution is -2.12. The largest absolute Gasteiger partial charge is 0.397 e. The number of anilines is 1. The number of rotatable bonds is 4. The van der Waals surface area contributed by atoms with Crippen molar-refractivity contribution in [2.45, 2.75) is 23.1 Å². The third-order valence-corrected chi connectivity index (χ3v) is 5.36. The van der Waals surface area contributed by atoms with E-state index in [4.69, 9.17) is 5.73 Å². The van der Waals surface area contributed by atoms with Crippen LogP contribution in [0.25, 0.3) is 0 Å². The zero-order valence-electron chi connectivity index (χ0n) is 9.67. The summed E-state index contributed by atoms with van der Waals surface area (Å²) in [4.78, 5) is -0.253. The molecule has 96 valence electrons. The molecule has 7 heteroatoms. The van der Waals surface area contributed by atoms with Crippen LogP contribution < -0.4 is 5.73 Å². The first-order valence-electron chi connectivity index (χ1n) is 5.01. The summed E-state index contributed by atoms with van der Waals surface area (Å²) in [5, 5.41) is 0. The van der Waals surface area contributed by atoms with Gasteiger partial charge >= 0.3 is 0 Å². The summed E-state index contributed by atoms with van der Waals surface area (Å²) >= 11 is 0. The number of hydrogen-bond donors (Lipinski definition) is 1. The quantitative estimate of drug-likeness (QED) is 0.823. The molecule has 0 amide bonds. The Morgan fingerprint density at radius 1 is 1.12 bits per heavy atom. The first-order valence-corrected chi connectivity index (χ1v) is 8.56. The monoisotopic (exact) mass is 277 g/mol. The van der Waals surface area contributed by atoms with E-state index in [1.165, 1.54) is 18.2 Å². The minimum atomic E-state index is -3.52. The third-order valence-electron chi connectivity index (χ3n) is 2.23. The van der Waals surface area contributed by atoms with E-state index in [2.05, 4.69) is 0 Å². The van der Waals surface area contributed by atoms with Crippen LogP contribution >= 0.6 is 0 Å². The average Bonchev–Trinajstić information content (AvgIpc) is 2.15. The van der Waals surface area contributed by atoms with Crippen molar-refractivity contribution in [3.05, 3.63) is 18.2 Å². The molecule has 0 heterocycles. The van der Waals surface area contributed by atoms with Crippen LogP contribution in [0.2, 0.25) is 0 Å². The maximum Gasteiger partial charge on any atom is 0.180 e. The SMILES string of the molecule is CCCS(=O)(=O)c1cccc(S(C)(=O)=O)c1N. The molecule has 0 aliphatic rings. The maximum absolute atomic E-state index is 11.9. The number of sulfone groups is 2. The number of benzene rings is 1. The van der Waals surface area contributed by atoms with Crippen LogP contribution in [-0.2, 0) is 19.7 Å². The molecule has 0 unspecified atom stereocenters. The van der Waals surface area contributed by atoms with E-state index in [0.29, 0.717) is 6.42 Å². The van der Waals surface area contributed by atoms with Crippen LogP contribution in [0.4, 0.5) is 5.69 Å². The fourth-order valence-electron chi connectivity index (χ4n) is 1.50. The Bertz CT molecular complexity index is 618. The van der Waals surface area contributed by atoms with Gasteiger partial charge in [-0.2, -0.15) is 0 Å². The predicted octanol–water partition coefficient (Wildman–Crippen LogP) is 0.856. The van der Waals surface area contributed by atoms with Gasteiger partial charge in [-0.15, -0.1) is 0 Å². The van der Waals surface area contributed by atoms with Gasteiger partial charge in [-0.1, -0.05) is 13.0 Å². The molecule has 0 aromatic heterocycles. The molecule has 1 aromatic rings. The topological polar surface area (TPSA) is 94.3 Å². The lowest BCUT2D eigenvalue weighted by Gasteiger charge is -2.09. The Labute approximate surface area is 101 Å². The van der Waals surface area contributed by atoms with Gasteiger partial charge in [0.05, 0.1) is 21.2 Å². The van der Waals surface area contributed by atoms with E-state index in [9.17, 15) is 16.8 Å². The first-order chi connectivity index (χ1) is 7.70. The van der Waals surface area contributed by atoms with Gasteiger partial charge in [0.1, 0.15) is 0 Å². The zero-order valence-corrected chi connectivity index (χ0v) is 11.3. The number of nitrogens with two attached hydrogens (primary N) is 1. The molecule has 1 aromatic carbocycles. The fourth-order valence-corrected chi connectivity index (χ4v) is 3.89. The lowest BCUT2D eigenvalue weighted by molar-refractivity contribution is 0.594. The minimum Gasteiger partial charge on any atom is -0.397 e. The van der Waals surface area contributed by atoms with Crippen LogP contribution in [0, 0.1) is 0 Å². The third kappa shape index (κ3) is 2.98. The van der Waals surface area contributed by atoms with Crippen molar-refractivity contribution in [3.8, 4) is 0 Å². The molecule has 2 N–H and O–H groups in total. The van der Waals surface area contributed by atoms with E-state index in [0.717, 1.165) is 6.26 Å². The van der Waals surface area contributed by atoms with Crippen LogP contribution in [0.15, 0.2) is 28.0 Å². The van der Waals surface area contributed by atoms with Gasteiger partial charge in [0.2, 0.25) is 0 Å². The first kappa shape index (κ1) is 14.0. The summed E-state index contributed by atoms with van der Waals surface area (Å²) in [7, 11) is -7.03. The Kier molecular flexibility index (Phi) is 3.83. The summed E-state index contributed by atoms with van der Waals surface area (Å²) in [6, 6.07) is 4.01. The van der Waals surface area contributed by atoms with E-state index in [1.54, 1.807) is 6.92 Å². The molecule has 0 atom stereocenters. The smallest absolute Gasteiger partial charge is 0.180 e. The van der Waals surface area contributed by atoms with Gasteiger partial charge < -0.3 is 5.73 Å². The summed E-state index contributed by atoms with van der Waals surface area (Å²) < 4.78 is 46.5. The van der Waals surface area contributed by atoms with Gasteiger partial charge in [-0.05, 0) is 18.6 Å². The van der Waals surface area contributed by atoms with Gasteiger partial charge in [0, 0.05) is 6.26 Å². The molecular formula is C10H15NO4S2. The maximum atomic E-state index is 11.9. The van der Waals surface area contributed by atoms with Crippen LogP contribution in [0.5, 0.6) is 0 Å². The van der Waals surface area contributed by atoms with Crippen LogP contribution in [0.3, 0.4) is 0 Å². The van der Waals surface area contributed by atoms with Crippen molar-refractivity contribution in [2.24, 2.45) is 0 Å². The highest BCUT2D eigenvalue weighted by molar-refractivity contribution is 7.92. The molecule has 5 nitrogen and oxygen atoms in total. The lowest BCUT2D eigenvalue weighted by atomic mass is 10.3. The molecule has 0 fully saturated rings. The standard InChI is InChI=1S/C10H15NO4S2/c1-3-7-17(14,15)9-6-4-5-8(10(9)11)16(2,12)13/h4-6H,3,7,11H2,1-2H3. The van der Waals surface area contributed by atoms with Crippen molar-refractivity contribution in [3.63, 3.8) is 0 Å². The molecule has 0 bridgehead atoms. The summed E-state index contributed by atoms with van der Waals surface area (Å²) in [5.74, 6) is -0.0512. The van der Waals surface area contributed by atoms with Gasteiger partial charge in [0.25, 0.3) is 0 Å². The summed E-state index contributed by atoms with van der Waals surface area (Å²) in [6.45, 7) is 1.73. The van der Waals surface area contributed by atoms with Crippen molar-refractivity contribution in [1.29, 1.82) is 0 Å². The van der Waals surface area contributed by atoms with Gasteiger partial charge in [0.15, 0.2) is 19.7 Å². The Balaban J connectivity index is 3.50. The molecule has 1 rings (SSSR count). The zero-order chi connectivity index (χ0) is 13.3. The molecule has 0 radical (unpaired) electrons. The molecule has 0 saturated carbocycles. The molecular weight excluding hydrogens is 262 g/mol. The second-order valence-electron chi connectivity index (χ2n) is 3.76.